The first-order chi connectivity index (χ1) is 10.6. The number of aliphatic hydroxyl groups is 1. The van der Waals surface area contributed by atoms with Crippen LogP contribution in [0.3, 0.4) is 0 Å². The number of nitrogens with one attached hydrogen (secondary N) is 1. The highest BCUT2D eigenvalue weighted by Gasteiger charge is 2.32. The van der Waals surface area contributed by atoms with E-state index < -0.39 is 5.60 Å². The Labute approximate surface area is 128 Å². The Balaban J connectivity index is 1.53. The van der Waals surface area contributed by atoms with E-state index in [0.29, 0.717) is 13.0 Å². The number of amides is 1. The molecule has 0 saturated carbocycles. The molecule has 1 amide bonds. The summed E-state index contributed by atoms with van der Waals surface area (Å²) in [4.78, 5) is 11.9. The van der Waals surface area contributed by atoms with Crippen molar-refractivity contribution in [3.63, 3.8) is 0 Å². The fourth-order valence-electron chi connectivity index (χ4n) is 2.43. The molecule has 2 N–H and O–H groups in total. The van der Waals surface area contributed by atoms with Crippen LogP contribution < -0.4 is 5.32 Å². The molecule has 0 aliphatic carbocycles. The molecule has 3 rings (SSSR count). The lowest BCUT2D eigenvalue weighted by Crippen LogP contribution is -2.43. The van der Waals surface area contributed by atoms with Gasteiger partial charge >= 0.3 is 0 Å². The number of hydrogen-bond acceptors (Lipinski definition) is 4. The molecule has 1 atom stereocenters. The first-order valence-electron chi connectivity index (χ1n) is 7.30. The Kier molecular flexibility index (Phi) is 4.22. The summed E-state index contributed by atoms with van der Waals surface area (Å²) >= 11 is 0. The molecular formula is C16H19N3O3. The van der Waals surface area contributed by atoms with Crippen molar-refractivity contribution >= 4 is 5.91 Å². The monoisotopic (exact) mass is 301 g/mol. The molecule has 0 unspecified atom stereocenters. The Morgan fingerprint density at radius 2 is 2.23 bits per heavy atom. The van der Waals surface area contributed by atoms with Gasteiger partial charge in [-0.2, -0.15) is 5.10 Å². The SMILES string of the molecule is O=C(Cc1ccc(-n2cccn2)cc1)NC[C@@]1(O)CCOC1. The normalized spacial score (nSPS) is 21.0. The van der Waals surface area contributed by atoms with Crippen LogP contribution in [-0.4, -0.2) is 46.2 Å². The summed E-state index contributed by atoms with van der Waals surface area (Å²) in [7, 11) is 0. The van der Waals surface area contributed by atoms with Gasteiger partial charge in [-0.1, -0.05) is 12.1 Å². The minimum atomic E-state index is -0.917. The molecule has 1 aliphatic heterocycles. The molecule has 1 aliphatic rings. The maximum Gasteiger partial charge on any atom is 0.224 e. The van der Waals surface area contributed by atoms with Gasteiger partial charge in [0.2, 0.25) is 5.91 Å². The number of nitrogens with zero attached hydrogens (tertiary/aromatic N) is 2. The average Bonchev–Trinajstić information content (AvgIpc) is 3.18. The van der Waals surface area contributed by atoms with E-state index in [2.05, 4.69) is 10.4 Å². The molecule has 2 heterocycles. The Hall–Kier alpha value is -2.18. The fourth-order valence-corrected chi connectivity index (χ4v) is 2.43. The van der Waals surface area contributed by atoms with Crippen LogP contribution in [-0.2, 0) is 16.0 Å². The topological polar surface area (TPSA) is 76.4 Å². The number of ether oxygens (including phenoxy) is 1. The van der Waals surface area contributed by atoms with E-state index in [4.69, 9.17) is 4.74 Å². The standard InChI is InChI=1S/C16H19N3O3/c20-15(17-11-16(21)6-9-22-12-16)10-13-2-4-14(5-3-13)19-8-1-7-18-19/h1-5,7-8,21H,6,9-12H2,(H,17,20)/t16-/m0/s1. The molecule has 22 heavy (non-hydrogen) atoms. The van der Waals surface area contributed by atoms with Gasteiger partial charge in [0.05, 0.1) is 18.7 Å². The summed E-state index contributed by atoms with van der Waals surface area (Å²) in [6.07, 6.45) is 4.44. The number of hydrogen-bond donors (Lipinski definition) is 2. The first-order valence-corrected chi connectivity index (χ1v) is 7.30. The van der Waals surface area contributed by atoms with Gasteiger partial charge in [0, 0.05) is 32.0 Å². The molecular weight excluding hydrogens is 282 g/mol. The third kappa shape index (κ3) is 3.52. The number of aromatic nitrogens is 2. The van der Waals surface area contributed by atoms with Crippen LogP contribution in [0.2, 0.25) is 0 Å². The van der Waals surface area contributed by atoms with Crippen LogP contribution in [0.4, 0.5) is 0 Å². The van der Waals surface area contributed by atoms with Gasteiger partial charge in [-0.25, -0.2) is 4.68 Å². The lowest BCUT2D eigenvalue weighted by atomic mass is 10.0. The summed E-state index contributed by atoms with van der Waals surface area (Å²) in [5.74, 6) is -0.104. The van der Waals surface area contributed by atoms with Gasteiger partial charge in [-0.05, 0) is 23.8 Å². The van der Waals surface area contributed by atoms with Crippen molar-refractivity contribution in [2.24, 2.45) is 0 Å². The summed E-state index contributed by atoms with van der Waals surface area (Å²) in [5.41, 5.74) is 0.953. The molecule has 0 bridgehead atoms. The van der Waals surface area contributed by atoms with Gasteiger partial charge in [0.15, 0.2) is 0 Å². The van der Waals surface area contributed by atoms with E-state index in [0.717, 1.165) is 11.3 Å². The lowest BCUT2D eigenvalue weighted by Gasteiger charge is -2.20. The lowest BCUT2D eigenvalue weighted by molar-refractivity contribution is -0.121. The van der Waals surface area contributed by atoms with E-state index >= 15 is 0 Å². The van der Waals surface area contributed by atoms with Crippen molar-refractivity contribution in [1.82, 2.24) is 15.1 Å². The number of benzene rings is 1. The molecule has 1 aromatic carbocycles. The fraction of sp³-hybridized carbons (Fsp3) is 0.375. The summed E-state index contributed by atoms with van der Waals surface area (Å²) in [6, 6.07) is 9.52. The van der Waals surface area contributed by atoms with Crippen molar-refractivity contribution in [3.05, 3.63) is 48.3 Å². The van der Waals surface area contributed by atoms with Crippen LogP contribution in [0.15, 0.2) is 42.7 Å². The number of carbonyl (C=O) groups is 1. The maximum atomic E-state index is 11.9. The minimum Gasteiger partial charge on any atom is -0.386 e. The van der Waals surface area contributed by atoms with E-state index in [1.165, 1.54) is 0 Å². The van der Waals surface area contributed by atoms with Crippen molar-refractivity contribution < 1.29 is 14.6 Å². The first kappa shape index (κ1) is 14.7. The molecule has 1 saturated heterocycles. The average molecular weight is 301 g/mol. The zero-order valence-corrected chi connectivity index (χ0v) is 12.2. The Morgan fingerprint density at radius 3 is 2.86 bits per heavy atom. The van der Waals surface area contributed by atoms with Crippen LogP contribution in [0.1, 0.15) is 12.0 Å². The van der Waals surface area contributed by atoms with Crippen molar-refractivity contribution in [2.75, 3.05) is 19.8 Å². The minimum absolute atomic E-state index is 0.104. The van der Waals surface area contributed by atoms with Crippen LogP contribution in [0, 0.1) is 0 Å². The van der Waals surface area contributed by atoms with E-state index in [1.54, 1.807) is 10.9 Å². The largest absolute Gasteiger partial charge is 0.386 e. The molecule has 116 valence electrons. The predicted molar refractivity (Wildman–Crippen MR) is 80.7 cm³/mol. The number of rotatable bonds is 5. The molecule has 1 aromatic heterocycles. The maximum absolute atomic E-state index is 11.9. The Morgan fingerprint density at radius 1 is 1.41 bits per heavy atom. The van der Waals surface area contributed by atoms with Crippen LogP contribution >= 0.6 is 0 Å². The molecule has 6 nitrogen and oxygen atoms in total. The molecule has 2 aromatic rings. The van der Waals surface area contributed by atoms with Crippen molar-refractivity contribution in [2.45, 2.75) is 18.4 Å². The predicted octanol–water partition coefficient (Wildman–Crippen LogP) is 0.682. The molecule has 0 spiro atoms. The van der Waals surface area contributed by atoms with Crippen molar-refractivity contribution in [3.8, 4) is 5.69 Å². The van der Waals surface area contributed by atoms with Crippen LogP contribution in [0.5, 0.6) is 0 Å². The highest BCUT2D eigenvalue weighted by molar-refractivity contribution is 5.78. The zero-order chi connectivity index (χ0) is 15.4. The quantitative estimate of drug-likeness (QED) is 0.851. The van der Waals surface area contributed by atoms with E-state index in [-0.39, 0.29) is 25.5 Å². The Bertz CT molecular complexity index is 617. The van der Waals surface area contributed by atoms with Gasteiger partial charge in [0.1, 0.15) is 5.60 Å². The second-order valence-electron chi connectivity index (χ2n) is 5.60. The van der Waals surface area contributed by atoms with E-state index in [9.17, 15) is 9.90 Å². The van der Waals surface area contributed by atoms with Gasteiger partial charge in [0.25, 0.3) is 0 Å². The third-order valence-corrected chi connectivity index (χ3v) is 3.77. The van der Waals surface area contributed by atoms with Crippen molar-refractivity contribution in [1.29, 1.82) is 0 Å². The molecule has 6 heteroatoms. The van der Waals surface area contributed by atoms with E-state index in [1.807, 2.05) is 36.5 Å². The van der Waals surface area contributed by atoms with Gasteiger partial charge in [-0.3, -0.25) is 4.79 Å². The highest BCUT2D eigenvalue weighted by Crippen LogP contribution is 2.17. The highest BCUT2D eigenvalue weighted by atomic mass is 16.5. The third-order valence-electron chi connectivity index (χ3n) is 3.77. The zero-order valence-electron chi connectivity index (χ0n) is 12.2. The van der Waals surface area contributed by atoms with Gasteiger partial charge < -0.3 is 15.2 Å². The molecule has 0 radical (unpaired) electrons. The number of carbonyl (C=O) groups excluding carboxylic acids is 1. The molecule has 1 fully saturated rings. The smallest absolute Gasteiger partial charge is 0.224 e. The second kappa shape index (κ2) is 6.29. The summed E-state index contributed by atoms with van der Waals surface area (Å²) in [5, 5.41) is 17.0. The summed E-state index contributed by atoms with van der Waals surface area (Å²) in [6.45, 7) is 1.06. The van der Waals surface area contributed by atoms with Gasteiger partial charge in [-0.15, -0.1) is 0 Å². The summed E-state index contributed by atoms with van der Waals surface area (Å²) < 4.78 is 6.91. The van der Waals surface area contributed by atoms with Crippen LogP contribution in [0.25, 0.3) is 5.69 Å². The second-order valence-corrected chi connectivity index (χ2v) is 5.60.